The third kappa shape index (κ3) is 2.02. The summed E-state index contributed by atoms with van der Waals surface area (Å²) in [6.07, 6.45) is 5.08. The highest BCUT2D eigenvalue weighted by Gasteiger charge is 2.35. The number of ketones is 1. The van der Waals surface area contributed by atoms with Crippen molar-refractivity contribution in [1.29, 1.82) is 0 Å². The van der Waals surface area contributed by atoms with Crippen molar-refractivity contribution >= 4 is 5.78 Å². The zero-order valence-corrected chi connectivity index (χ0v) is 10.6. The van der Waals surface area contributed by atoms with Crippen LogP contribution < -0.4 is 0 Å². The van der Waals surface area contributed by atoms with Gasteiger partial charge in [0.25, 0.3) is 0 Å². The molecule has 0 spiro atoms. The molecule has 0 N–H and O–H groups in total. The minimum absolute atomic E-state index is 0.314. The van der Waals surface area contributed by atoms with Crippen molar-refractivity contribution in [1.82, 2.24) is 0 Å². The number of carbonyl (C=O) groups excluding carboxylic acids is 1. The monoisotopic (exact) mass is 222 g/mol. The molecule has 0 unspecified atom stereocenters. The topological polar surface area (TPSA) is 26.3 Å². The molecule has 2 heteroatoms. The van der Waals surface area contributed by atoms with Gasteiger partial charge < -0.3 is 4.74 Å². The van der Waals surface area contributed by atoms with E-state index in [-0.39, 0.29) is 0 Å². The van der Waals surface area contributed by atoms with Gasteiger partial charge in [0, 0.05) is 18.4 Å². The standard InChI is InChI=1S/C14H22O2/c1-4-10-8-13(9(2)3)16-12-7-5-6-11(15)14(10)12/h9-10,13H,4-8H2,1-3H3/t10-,13-/m1/s1. The van der Waals surface area contributed by atoms with Gasteiger partial charge >= 0.3 is 0 Å². The predicted molar refractivity (Wildman–Crippen MR) is 64.0 cm³/mol. The molecule has 0 aromatic rings. The lowest BCUT2D eigenvalue weighted by Gasteiger charge is -2.37. The van der Waals surface area contributed by atoms with Gasteiger partial charge in [-0.25, -0.2) is 0 Å². The molecule has 2 rings (SSSR count). The van der Waals surface area contributed by atoms with Crippen molar-refractivity contribution in [2.24, 2.45) is 11.8 Å². The van der Waals surface area contributed by atoms with Gasteiger partial charge in [-0.05, 0) is 31.1 Å². The van der Waals surface area contributed by atoms with Gasteiger partial charge in [0.2, 0.25) is 0 Å². The van der Waals surface area contributed by atoms with Gasteiger partial charge in [-0.3, -0.25) is 4.79 Å². The Morgan fingerprint density at radius 1 is 1.38 bits per heavy atom. The number of carbonyl (C=O) groups is 1. The SMILES string of the molecule is CC[C@@H]1C[C@H](C(C)C)OC2=C1C(=O)CCC2. The number of Topliss-reactive ketones (excluding diaryl/α,β-unsaturated/α-hetero) is 1. The summed E-state index contributed by atoms with van der Waals surface area (Å²) in [4.78, 5) is 11.9. The third-order valence-corrected chi connectivity index (χ3v) is 3.86. The lowest BCUT2D eigenvalue weighted by molar-refractivity contribution is -0.118. The van der Waals surface area contributed by atoms with E-state index >= 15 is 0 Å². The Kier molecular flexibility index (Phi) is 3.36. The summed E-state index contributed by atoms with van der Waals surface area (Å²) >= 11 is 0. The second-order valence-corrected chi connectivity index (χ2v) is 5.35. The molecule has 0 amide bonds. The first-order valence-corrected chi connectivity index (χ1v) is 6.56. The van der Waals surface area contributed by atoms with Crippen LogP contribution in [0, 0.1) is 11.8 Å². The Morgan fingerprint density at radius 3 is 2.75 bits per heavy atom. The van der Waals surface area contributed by atoms with Crippen LogP contribution in [0.2, 0.25) is 0 Å². The molecule has 2 aliphatic rings. The molecular weight excluding hydrogens is 200 g/mol. The Hall–Kier alpha value is -0.790. The quantitative estimate of drug-likeness (QED) is 0.715. The van der Waals surface area contributed by atoms with E-state index < -0.39 is 0 Å². The van der Waals surface area contributed by atoms with Crippen molar-refractivity contribution < 1.29 is 9.53 Å². The molecule has 0 aromatic heterocycles. The fourth-order valence-corrected chi connectivity index (χ4v) is 2.82. The van der Waals surface area contributed by atoms with Crippen molar-refractivity contribution in [2.75, 3.05) is 0 Å². The molecular formula is C14H22O2. The van der Waals surface area contributed by atoms with E-state index in [1.807, 2.05) is 0 Å². The number of allylic oxidation sites excluding steroid dienone is 2. The van der Waals surface area contributed by atoms with Gasteiger partial charge in [0.05, 0.1) is 0 Å². The number of rotatable bonds is 2. The van der Waals surface area contributed by atoms with E-state index in [2.05, 4.69) is 20.8 Å². The normalized spacial score (nSPS) is 30.4. The maximum atomic E-state index is 11.9. The predicted octanol–water partition coefficient (Wildman–Crippen LogP) is 3.46. The van der Waals surface area contributed by atoms with E-state index in [1.165, 1.54) is 0 Å². The second kappa shape index (κ2) is 4.60. The molecule has 16 heavy (non-hydrogen) atoms. The first-order valence-electron chi connectivity index (χ1n) is 6.56. The summed E-state index contributed by atoms with van der Waals surface area (Å²) in [6, 6.07) is 0. The van der Waals surface area contributed by atoms with Crippen LogP contribution in [0.4, 0.5) is 0 Å². The molecule has 0 saturated heterocycles. The zero-order valence-electron chi connectivity index (χ0n) is 10.6. The second-order valence-electron chi connectivity index (χ2n) is 5.35. The van der Waals surface area contributed by atoms with Crippen LogP contribution in [0.3, 0.4) is 0 Å². The molecule has 0 fully saturated rings. The maximum Gasteiger partial charge on any atom is 0.162 e. The summed E-state index contributed by atoms with van der Waals surface area (Å²) in [5.41, 5.74) is 1.03. The van der Waals surface area contributed by atoms with E-state index in [1.54, 1.807) is 0 Å². The summed E-state index contributed by atoms with van der Waals surface area (Å²) < 4.78 is 6.01. The van der Waals surface area contributed by atoms with Crippen LogP contribution in [-0.2, 0) is 9.53 Å². The van der Waals surface area contributed by atoms with Crippen LogP contribution in [0.5, 0.6) is 0 Å². The minimum Gasteiger partial charge on any atom is -0.494 e. The first-order chi connectivity index (χ1) is 7.63. The molecule has 1 aliphatic carbocycles. The highest BCUT2D eigenvalue weighted by molar-refractivity contribution is 5.97. The molecule has 2 nitrogen and oxygen atoms in total. The van der Waals surface area contributed by atoms with Crippen molar-refractivity contribution in [3.63, 3.8) is 0 Å². The Bertz CT molecular complexity index is 315. The summed E-state index contributed by atoms with van der Waals surface area (Å²) in [7, 11) is 0. The van der Waals surface area contributed by atoms with Gasteiger partial charge in [0.15, 0.2) is 5.78 Å². The van der Waals surface area contributed by atoms with Crippen LogP contribution in [0.15, 0.2) is 11.3 Å². The molecule has 2 atom stereocenters. The van der Waals surface area contributed by atoms with Crippen LogP contribution in [0.25, 0.3) is 0 Å². The van der Waals surface area contributed by atoms with Gasteiger partial charge in [-0.1, -0.05) is 20.8 Å². The van der Waals surface area contributed by atoms with E-state index in [4.69, 9.17) is 4.74 Å². The van der Waals surface area contributed by atoms with Crippen LogP contribution in [-0.4, -0.2) is 11.9 Å². The maximum absolute atomic E-state index is 11.9. The fourth-order valence-electron chi connectivity index (χ4n) is 2.82. The lowest BCUT2D eigenvalue weighted by Crippen LogP contribution is -2.33. The highest BCUT2D eigenvalue weighted by Crippen LogP contribution is 2.39. The van der Waals surface area contributed by atoms with Gasteiger partial charge in [-0.2, -0.15) is 0 Å². The summed E-state index contributed by atoms with van der Waals surface area (Å²) in [5, 5.41) is 0. The molecule has 0 saturated carbocycles. The van der Waals surface area contributed by atoms with E-state index in [9.17, 15) is 4.79 Å². The molecule has 1 heterocycles. The minimum atomic E-state index is 0.314. The van der Waals surface area contributed by atoms with E-state index in [0.29, 0.717) is 23.7 Å². The zero-order chi connectivity index (χ0) is 11.7. The number of hydrogen-bond donors (Lipinski definition) is 0. The molecule has 0 aromatic carbocycles. The van der Waals surface area contributed by atoms with Crippen LogP contribution >= 0.6 is 0 Å². The molecule has 1 aliphatic heterocycles. The largest absolute Gasteiger partial charge is 0.494 e. The first kappa shape index (κ1) is 11.7. The Balaban J connectivity index is 2.27. The lowest BCUT2D eigenvalue weighted by atomic mass is 9.79. The number of ether oxygens (including phenoxy) is 1. The van der Waals surface area contributed by atoms with Gasteiger partial charge in [-0.15, -0.1) is 0 Å². The average Bonchev–Trinajstić information content (AvgIpc) is 2.27. The Morgan fingerprint density at radius 2 is 2.12 bits per heavy atom. The summed E-state index contributed by atoms with van der Waals surface area (Å²) in [5.74, 6) is 2.35. The van der Waals surface area contributed by atoms with Gasteiger partial charge in [0.1, 0.15) is 11.9 Å². The molecule has 90 valence electrons. The smallest absolute Gasteiger partial charge is 0.162 e. The van der Waals surface area contributed by atoms with E-state index in [0.717, 1.165) is 43.4 Å². The molecule has 0 bridgehead atoms. The number of hydrogen-bond acceptors (Lipinski definition) is 2. The van der Waals surface area contributed by atoms with Crippen LogP contribution in [0.1, 0.15) is 52.9 Å². The highest BCUT2D eigenvalue weighted by atomic mass is 16.5. The fraction of sp³-hybridized carbons (Fsp3) is 0.786. The van der Waals surface area contributed by atoms with Crippen molar-refractivity contribution in [3.8, 4) is 0 Å². The Labute approximate surface area is 98.1 Å². The molecule has 0 radical (unpaired) electrons. The van der Waals surface area contributed by atoms with Crippen molar-refractivity contribution in [2.45, 2.75) is 59.0 Å². The average molecular weight is 222 g/mol. The third-order valence-electron chi connectivity index (χ3n) is 3.86. The summed E-state index contributed by atoms with van der Waals surface area (Å²) in [6.45, 7) is 6.58. The van der Waals surface area contributed by atoms with Crippen molar-refractivity contribution in [3.05, 3.63) is 11.3 Å².